The van der Waals surface area contributed by atoms with E-state index in [4.69, 9.17) is 9.47 Å². The minimum absolute atomic E-state index is 0.131. The number of piperidine rings is 3. The van der Waals surface area contributed by atoms with E-state index in [1.165, 1.54) is 31.3 Å². The van der Waals surface area contributed by atoms with Gasteiger partial charge in [-0.25, -0.2) is 4.79 Å². The van der Waals surface area contributed by atoms with E-state index in [1.54, 1.807) is 12.1 Å². The van der Waals surface area contributed by atoms with Gasteiger partial charge in [-0.3, -0.25) is 14.4 Å². The molecule has 3 saturated heterocycles. The number of amides is 3. The molecular weight excluding hydrogens is 440 g/mol. The Bertz CT molecular complexity index is 915. The summed E-state index contributed by atoms with van der Waals surface area (Å²) in [5.74, 6) is -3.58. The average Bonchev–Trinajstić information content (AvgIpc) is 2.84. The first-order valence-electron chi connectivity index (χ1n) is 11.9. The van der Waals surface area contributed by atoms with Crippen molar-refractivity contribution < 1.29 is 28.7 Å². The number of nitrogens with one attached hydrogen (secondary N) is 2. The molecule has 10 nitrogen and oxygen atoms in total. The topological polar surface area (TPSA) is 117 Å². The summed E-state index contributed by atoms with van der Waals surface area (Å²) in [6, 6.07) is 6.95. The molecule has 3 aliphatic rings. The molecule has 0 aromatic heterocycles. The lowest BCUT2D eigenvalue weighted by Crippen LogP contribution is -2.64. The Balaban J connectivity index is 1.34. The van der Waals surface area contributed by atoms with E-state index >= 15 is 0 Å². The van der Waals surface area contributed by atoms with Gasteiger partial charge in [0.15, 0.2) is 11.7 Å². The molecule has 0 aliphatic carbocycles. The van der Waals surface area contributed by atoms with Crippen LogP contribution in [0, 0.1) is 11.8 Å². The summed E-state index contributed by atoms with van der Waals surface area (Å²) in [5.41, 5.74) is 1.64. The number of Topliss-reactive ketones (excluding diaryl/α,β-unsaturated/α-hetero) is 1. The molecule has 3 unspecified atom stereocenters. The van der Waals surface area contributed by atoms with Crippen molar-refractivity contribution in [2.75, 3.05) is 56.7 Å². The number of hydrogen-bond acceptors (Lipinski definition) is 7. The number of methoxy groups -OCH3 is 1. The van der Waals surface area contributed by atoms with Gasteiger partial charge in [0.1, 0.15) is 6.61 Å². The number of fused-ring (bicyclic) bond motifs is 1. The fourth-order valence-corrected chi connectivity index (χ4v) is 4.89. The molecule has 2 N–H and O–H groups in total. The van der Waals surface area contributed by atoms with E-state index < -0.39 is 41.6 Å². The number of anilines is 2. The molecule has 3 amide bonds. The Morgan fingerprint density at radius 1 is 1.06 bits per heavy atom. The summed E-state index contributed by atoms with van der Waals surface area (Å²) in [6.45, 7) is 2.95. The maximum absolute atomic E-state index is 13.1. The largest absolute Gasteiger partial charge is 0.447 e. The molecule has 10 heteroatoms. The second-order valence-electron chi connectivity index (χ2n) is 8.98. The van der Waals surface area contributed by atoms with Crippen LogP contribution >= 0.6 is 0 Å². The van der Waals surface area contributed by atoms with Crippen molar-refractivity contribution >= 4 is 35.1 Å². The maximum Gasteiger partial charge on any atom is 0.409 e. The highest BCUT2D eigenvalue weighted by atomic mass is 16.6. The Labute approximate surface area is 198 Å². The van der Waals surface area contributed by atoms with E-state index in [1.807, 2.05) is 12.1 Å². The molecule has 0 spiro atoms. The number of ketones is 1. The highest BCUT2D eigenvalue weighted by Crippen LogP contribution is 2.28. The molecule has 34 heavy (non-hydrogen) atoms. The van der Waals surface area contributed by atoms with Crippen LogP contribution in [0.2, 0.25) is 0 Å². The maximum atomic E-state index is 13.1. The zero-order valence-corrected chi connectivity index (χ0v) is 19.5. The van der Waals surface area contributed by atoms with Crippen molar-refractivity contribution in [3.8, 4) is 0 Å². The van der Waals surface area contributed by atoms with E-state index in [9.17, 15) is 19.2 Å². The first kappa shape index (κ1) is 24.0. The second kappa shape index (κ2) is 10.9. The van der Waals surface area contributed by atoms with Crippen molar-refractivity contribution in [3.63, 3.8) is 0 Å². The summed E-state index contributed by atoms with van der Waals surface area (Å²) in [4.78, 5) is 54.6. The first-order chi connectivity index (χ1) is 16.5. The Kier molecular flexibility index (Phi) is 7.66. The minimum Gasteiger partial charge on any atom is -0.447 e. The molecule has 3 fully saturated rings. The van der Waals surface area contributed by atoms with Crippen molar-refractivity contribution in [1.82, 2.24) is 10.2 Å². The number of carbonyl (C=O) groups is 4. The van der Waals surface area contributed by atoms with Crippen molar-refractivity contribution in [1.29, 1.82) is 0 Å². The third kappa shape index (κ3) is 5.32. The Morgan fingerprint density at radius 2 is 1.79 bits per heavy atom. The fourth-order valence-electron chi connectivity index (χ4n) is 4.89. The van der Waals surface area contributed by atoms with Gasteiger partial charge in [-0.1, -0.05) is 0 Å². The van der Waals surface area contributed by atoms with Gasteiger partial charge < -0.3 is 29.9 Å². The lowest BCUT2D eigenvalue weighted by atomic mass is 9.78. The fraction of sp³-hybridized carbons (Fsp3) is 0.583. The molecule has 0 saturated carbocycles. The third-order valence-electron chi connectivity index (χ3n) is 6.74. The van der Waals surface area contributed by atoms with Crippen molar-refractivity contribution in [3.05, 3.63) is 24.3 Å². The van der Waals surface area contributed by atoms with Crippen LogP contribution in [0.25, 0.3) is 0 Å². The minimum atomic E-state index is -1.40. The van der Waals surface area contributed by atoms with E-state index in [0.717, 1.165) is 18.8 Å². The van der Waals surface area contributed by atoms with Crippen LogP contribution in [-0.4, -0.2) is 81.1 Å². The predicted molar refractivity (Wildman–Crippen MR) is 124 cm³/mol. The van der Waals surface area contributed by atoms with E-state index in [-0.39, 0.29) is 13.2 Å². The number of benzene rings is 1. The molecular formula is C24H32N4O6. The molecule has 4 rings (SSSR count). The van der Waals surface area contributed by atoms with Gasteiger partial charge in [-0.2, -0.15) is 0 Å². The Morgan fingerprint density at radius 3 is 2.50 bits per heavy atom. The normalized spacial score (nSPS) is 24.8. The number of ether oxygens (including phenoxy) is 2. The second-order valence-corrected chi connectivity index (χ2v) is 8.98. The predicted octanol–water partition coefficient (Wildman–Crippen LogP) is 1.40. The summed E-state index contributed by atoms with van der Waals surface area (Å²) < 4.78 is 9.99. The molecule has 3 aliphatic heterocycles. The van der Waals surface area contributed by atoms with Gasteiger partial charge in [0, 0.05) is 50.6 Å². The van der Waals surface area contributed by atoms with Gasteiger partial charge in [0.05, 0.1) is 12.6 Å². The number of likely N-dealkylation sites (tertiary alicyclic amines) is 1. The molecule has 1 aromatic carbocycles. The zero-order chi connectivity index (χ0) is 24.1. The SMILES string of the molecule is COCCOC(=O)N1CCC2C(=O)C(C(=O)Nc3ccc(N4CCCCC4)cc3)C(=O)NC2C1. The van der Waals surface area contributed by atoms with Crippen molar-refractivity contribution in [2.45, 2.75) is 31.7 Å². The van der Waals surface area contributed by atoms with Crippen LogP contribution < -0.4 is 15.5 Å². The number of hydrogen-bond donors (Lipinski definition) is 2. The van der Waals surface area contributed by atoms with Gasteiger partial charge in [-0.05, 0) is 49.9 Å². The average molecular weight is 473 g/mol. The van der Waals surface area contributed by atoms with Crippen LogP contribution in [0.3, 0.4) is 0 Å². The highest BCUT2D eigenvalue weighted by molar-refractivity contribution is 6.23. The summed E-state index contributed by atoms with van der Waals surface area (Å²) in [7, 11) is 1.51. The zero-order valence-electron chi connectivity index (χ0n) is 19.5. The van der Waals surface area contributed by atoms with Gasteiger partial charge >= 0.3 is 6.09 Å². The monoisotopic (exact) mass is 472 g/mol. The molecule has 0 radical (unpaired) electrons. The third-order valence-corrected chi connectivity index (χ3v) is 6.74. The summed E-state index contributed by atoms with van der Waals surface area (Å²) in [5, 5.41) is 5.49. The summed E-state index contributed by atoms with van der Waals surface area (Å²) >= 11 is 0. The Hall–Kier alpha value is -3.14. The van der Waals surface area contributed by atoms with Crippen LogP contribution in [0.4, 0.5) is 16.2 Å². The molecule has 1 aromatic rings. The quantitative estimate of drug-likeness (QED) is 0.475. The molecule has 184 valence electrons. The number of nitrogens with zero attached hydrogens (tertiary/aromatic N) is 2. The molecule has 3 heterocycles. The standard InChI is InChI=1S/C24H32N4O6/c1-33-13-14-34-24(32)28-12-9-18-19(15-28)26-23(31)20(21(18)29)22(30)25-16-5-7-17(8-6-16)27-10-3-2-4-11-27/h5-8,18-20H,2-4,9-15H2,1H3,(H,25,30)(H,26,31). The van der Waals surface area contributed by atoms with E-state index in [2.05, 4.69) is 15.5 Å². The van der Waals surface area contributed by atoms with Crippen LogP contribution in [0.1, 0.15) is 25.7 Å². The smallest absolute Gasteiger partial charge is 0.409 e. The van der Waals surface area contributed by atoms with Crippen LogP contribution in [0.15, 0.2) is 24.3 Å². The lowest BCUT2D eigenvalue weighted by Gasteiger charge is -2.41. The number of rotatable bonds is 6. The van der Waals surface area contributed by atoms with Gasteiger partial charge in [0.2, 0.25) is 11.8 Å². The first-order valence-corrected chi connectivity index (χ1v) is 11.9. The molecule has 0 bridgehead atoms. The number of carbonyl (C=O) groups excluding carboxylic acids is 4. The van der Waals surface area contributed by atoms with Crippen LogP contribution in [0.5, 0.6) is 0 Å². The lowest BCUT2D eigenvalue weighted by molar-refractivity contribution is -0.147. The van der Waals surface area contributed by atoms with E-state index in [0.29, 0.717) is 25.3 Å². The van der Waals surface area contributed by atoms with Gasteiger partial charge in [-0.15, -0.1) is 0 Å². The van der Waals surface area contributed by atoms with Crippen LogP contribution in [-0.2, 0) is 23.9 Å². The van der Waals surface area contributed by atoms with Crippen molar-refractivity contribution in [2.24, 2.45) is 11.8 Å². The molecule has 3 atom stereocenters. The highest BCUT2D eigenvalue weighted by Gasteiger charge is 2.49. The summed E-state index contributed by atoms with van der Waals surface area (Å²) in [6.07, 6.45) is 3.45. The van der Waals surface area contributed by atoms with Gasteiger partial charge in [0.25, 0.3) is 0 Å².